The van der Waals surface area contributed by atoms with E-state index >= 15 is 0 Å². The zero-order chi connectivity index (χ0) is 11.4. The van der Waals surface area contributed by atoms with Crippen LogP contribution in [0.1, 0.15) is 12.8 Å². The topological polar surface area (TPSA) is 38.8 Å². The summed E-state index contributed by atoms with van der Waals surface area (Å²) >= 11 is 0. The molecule has 0 aromatic rings. The van der Waals surface area contributed by atoms with E-state index in [1.54, 1.807) is 19.0 Å². The van der Waals surface area contributed by atoms with Gasteiger partial charge in [-0.25, -0.2) is 4.79 Å². The second kappa shape index (κ2) is 5.32. The van der Waals surface area contributed by atoms with Crippen molar-refractivity contribution in [3.8, 4) is 0 Å². The van der Waals surface area contributed by atoms with E-state index in [1.807, 2.05) is 24.0 Å². The van der Waals surface area contributed by atoms with E-state index < -0.39 is 0 Å². The Morgan fingerprint density at radius 2 is 1.73 bits per heavy atom. The van der Waals surface area contributed by atoms with Gasteiger partial charge in [0, 0.05) is 47.3 Å². The van der Waals surface area contributed by atoms with Crippen LogP contribution in [0.5, 0.6) is 0 Å². The molecule has 0 aromatic heterocycles. The molecule has 1 aliphatic rings. The largest absolute Gasteiger partial charge is 0.331 e. The van der Waals surface area contributed by atoms with Gasteiger partial charge in [0.1, 0.15) is 0 Å². The van der Waals surface area contributed by atoms with E-state index in [9.17, 15) is 4.79 Å². The van der Waals surface area contributed by atoms with Crippen LogP contribution >= 0.6 is 0 Å². The van der Waals surface area contributed by atoms with Crippen molar-refractivity contribution in [3.05, 3.63) is 0 Å². The Bertz CT molecular complexity index is 209. The Labute approximate surface area is 92.0 Å². The molecule has 88 valence electrons. The molecular formula is C10H22N4O. The van der Waals surface area contributed by atoms with E-state index in [0.29, 0.717) is 6.04 Å². The number of carbonyl (C=O) groups is 1. The second-order valence-corrected chi connectivity index (χ2v) is 4.46. The van der Waals surface area contributed by atoms with Gasteiger partial charge in [-0.15, -0.1) is 0 Å². The lowest BCUT2D eigenvalue weighted by atomic mass is 10.1. The van der Waals surface area contributed by atoms with E-state index in [4.69, 9.17) is 0 Å². The molecule has 0 saturated carbocycles. The molecule has 15 heavy (non-hydrogen) atoms. The Morgan fingerprint density at radius 3 is 2.13 bits per heavy atom. The van der Waals surface area contributed by atoms with Gasteiger partial charge in [0.05, 0.1) is 0 Å². The summed E-state index contributed by atoms with van der Waals surface area (Å²) in [7, 11) is 7.59. The standard InChI is InChI=1S/C10H22N4O/c1-12(2)10(15)14-7-5-9(6-8-14)11-13(3)4/h9,11H,5-8H2,1-4H3. The molecule has 0 unspecified atom stereocenters. The van der Waals surface area contributed by atoms with Crippen LogP contribution in [0.3, 0.4) is 0 Å². The smallest absolute Gasteiger partial charge is 0.319 e. The number of nitrogens with one attached hydrogen (secondary N) is 1. The number of piperidine rings is 1. The average Bonchev–Trinajstić information content (AvgIpc) is 2.17. The highest BCUT2D eigenvalue weighted by Gasteiger charge is 2.23. The summed E-state index contributed by atoms with van der Waals surface area (Å²) < 4.78 is 0. The van der Waals surface area contributed by atoms with Crippen LogP contribution in [0.25, 0.3) is 0 Å². The quantitative estimate of drug-likeness (QED) is 0.667. The number of amides is 2. The predicted molar refractivity (Wildman–Crippen MR) is 60.5 cm³/mol. The summed E-state index contributed by atoms with van der Waals surface area (Å²) in [6, 6.07) is 0.629. The monoisotopic (exact) mass is 214 g/mol. The van der Waals surface area contributed by atoms with Gasteiger partial charge in [-0.1, -0.05) is 0 Å². The lowest BCUT2D eigenvalue weighted by Crippen LogP contribution is -2.50. The lowest BCUT2D eigenvalue weighted by molar-refractivity contribution is 0.134. The van der Waals surface area contributed by atoms with Crippen molar-refractivity contribution >= 4 is 6.03 Å². The van der Waals surface area contributed by atoms with Crippen LogP contribution in [0.2, 0.25) is 0 Å². The number of urea groups is 1. The number of hydrazine groups is 1. The molecule has 5 nitrogen and oxygen atoms in total. The fourth-order valence-electron chi connectivity index (χ4n) is 1.85. The minimum absolute atomic E-state index is 0.123. The first-order chi connectivity index (χ1) is 7.00. The lowest BCUT2D eigenvalue weighted by Gasteiger charge is -2.35. The minimum atomic E-state index is 0.123. The second-order valence-electron chi connectivity index (χ2n) is 4.46. The summed E-state index contributed by atoms with van der Waals surface area (Å²) in [5.41, 5.74) is 3.35. The van der Waals surface area contributed by atoms with Crippen LogP contribution < -0.4 is 5.43 Å². The average molecular weight is 214 g/mol. The maximum Gasteiger partial charge on any atom is 0.319 e. The zero-order valence-corrected chi connectivity index (χ0v) is 10.2. The van der Waals surface area contributed by atoms with Gasteiger partial charge in [-0.3, -0.25) is 10.4 Å². The highest BCUT2D eigenvalue weighted by atomic mass is 16.2. The Morgan fingerprint density at radius 1 is 1.20 bits per heavy atom. The SMILES string of the molecule is CN(C)NC1CCN(C(=O)N(C)C)CC1. The van der Waals surface area contributed by atoms with E-state index in [1.165, 1.54) is 0 Å². The van der Waals surface area contributed by atoms with Gasteiger partial charge in [0.25, 0.3) is 0 Å². The molecule has 0 aromatic carbocycles. The number of rotatable bonds is 2. The first-order valence-electron chi connectivity index (χ1n) is 5.40. The van der Waals surface area contributed by atoms with E-state index in [-0.39, 0.29) is 6.03 Å². The third kappa shape index (κ3) is 3.68. The van der Waals surface area contributed by atoms with E-state index in [0.717, 1.165) is 25.9 Å². The van der Waals surface area contributed by atoms with Crippen molar-refractivity contribution in [3.63, 3.8) is 0 Å². The Kier molecular flexibility index (Phi) is 4.35. The maximum absolute atomic E-state index is 11.6. The molecule has 0 spiro atoms. The molecule has 1 saturated heterocycles. The predicted octanol–water partition coefficient (Wildman–Crippen LogP) is 0.199. The highest BCUT2D eigenvalue weighted by molar-refractivity contribution is 5.73. The first kappa shape index (κ1) is 12.3. The molecule has 2 amide bonds. The fourth-order valence-corrected chi connectivity index (χ4v) is 1.85. The minimum Gasteiger partial charge on any atom is -0.331 e. The highest BCUT2D eigenvalue weighted by Crippen LogP contribution is 2.11. The third-order valence-electron chi connectivity index (χ3n) is 2.59. The number of hydrogen-bond donors (Lipinski definition) is 1. The summed E-state index contributed by atoms with van der Waals surface area (Å²) in [5, 5.41) is 1.98. The number of hydrogen-bond acceptors (Lipinski definition) is 3. The maximum atomic E-state index is 11.6. The molecule has 0 aliphatic carbocycles. The molecule has 1 N–H and O–H groups in total. The molecule has 1 heterocycles. The fraction of sp³-hybridized carbons (Fsp3) is 0.900. The molecule has 5 heteroatoms. The van der Waals surface area contributed by atoms with Crippen molar-refractivity contribution in [1.82, 2.24) is 20.2 Å². The van der Waals surface area contributed by atoms with Gasteiger partial charge in [-0.2, -0.15) is 0 Å². The number of carbonyl (C=O) groups excluding carboxylic acids is 1. The Balaban J connectivity index is 2.32. The van der Waals surface area contributed by atoms with Gasteiger partial charge >= 0.3 is 6.03 Å². The number of nitrogens with zero attached hydrogens (tertiary/aromatic N) is 3. The van der Waals surface area contributed by atoms with Crippen molar-refractivity contribution in [2.45, 2.75) is 18.9 Å². The van der Waals surface area contributed by atoms with Crippen molar-refractivity contribution in [2.75, 3.05) is 41.3 Å². The zero-order valence-electron chi connectivity index (χ0n) is 10.2. The van der Waals surface area contributed by atoms with Crippen LogP contribution in [0.4, 0.5) is 4.79 Å². The van der Waals surface area contributed by atoms with Crippen LogP contribution in [-0.2, 0) is 0 Å². The van der Waals surface area contributed by atoms with Gasteiger partial charge in [-0.05, 0) is 12.8 Å². The molecule has 0 bridgehead atoms. The first-order valence-corrected chi connectivity index (χ1v) is 5.40. The third-order valence-corrected chi connectivity index (χ3v) is 2.59. The molecular weight excluding hydrogens is 192 g/mol. The number of likely N-dealkylation sites (tertiary alicyclic amines) is 1. The van der Waals surface area contributed by atoms with E-state index in [2.05, 4.69) is 5.43 Å². The molecule has 1 fully saturated rings. The van der Waals surface area contributed by atoms with Crippen LogP contribution in [0.15, 0.2) is 0 Å². The summed E-state index contributed by atoms with van der Waals surface area (Å²) in [5.74, 6) is 0. The van der Waals surface area contributed by atoms with Crippen molar-refractivity contribution in [2.24, 2.45) is 0 Å². The van der Waals surface area contributed by atoms with Crippen molar-refractivity contribution < 1.29 is 4.79 Å². The molecule has 1 rings (SSSR count). The van der Waals surface area contributed by atoms with Gasteiger partial charge in [0.2, 0.25) is 0 Å². The summed E-state index contributed by atoms with van der Waals surface area (Å²) in [6.07, 6.45) is 2.05. The van der Waals surface area contributed by atoms with Crippen LogP contribution in [0, 0.1) is 0 Å². The summed E-state index contributed by atoms with van der Waals surface area (Å²) in [6.45, 7) is 1.70. The van der Waals surface area contributed by atoms with Gasteiger partial charge in [0.15, 0.2) is 0 Å². The molecule has 0 radical (unpaired) electrons. The Hall–Kier alpha value is -0.810. The normalized spacial score (nSPS) is 18.3. The van der Waals surface area contributed by atoms with Crippen molar-refractivity contribution in [1.29, 1.82) is 0 Å². The molecule has 1 aliphatic heterocycles. The summed E-state index contributed by atoms with van der Waals surface area (Å²) in [4.78, 5) is 15.2. The molecule has 0 atom stereocenters. The van der Waals surface area contributed by atoms with Gasteiger partial charge < -0.3 is 9.80 Å². The van der Waals surface area contributed by atoms with Crippen LogP contribution in [-0.4, -0.2) is 68.2 Å².